The lowest BCUT2D eigenvalue weighted by atomic mass is 10.3. The van der Waals surface area contributed by atoms with Crippen LogP contribution in [0, 0.1) is 0 Å². The van der Waals surface area contributed by atoms with Crippen LogP contribution in [0.5, 0.6) is 0 Å². The van der Waals surface area contributed by atoms with Crippen LogP contribution in [0.25, 0.3) is 0 Å². The molecule has 1 rings (SSSR count). The van der Waals surface area contributed by atoms with Crippen molar-refractivity contribution < 1.29 is 12.8 Å². The fourth-order valence-corrected chi connectivity index (χ4v) is 2.42. The number of nitrogens with two attached hydrogens (primary N) is 1. The van der Waals surface area contributed by atoms with Crippen LogP contribution in [0.1, 0.15) is 6.42 Å². The Bertz CT molecular complexity index is 465. The average molecular weight is 267 g/mol. The van der Waals surface area contributed by atoms with E-state index in [-0.39, 0.29) is 28.6 Å². The molecule has 0 aromatic heterocycles. The summed E-state index contributed by atoms with van der Waals surface area (Å²) in [4.78, 5) is 0. The summed E-state index contributed by atoms with van der Waals surface area (Å²) < 4.78 is 37.0. The lowest BCUT2D eigenvalue weighted by Crippen LogP contribution is -2.17. The number of hydrogen-bond acceptors (Lipinski definition) is 3. The molecular weight excluding hydrogens is 255 g/mol. The Morgan fingerprint density at radius 1 is 1.44 bits per heavy atom. The van der Waals surface area contributed by atoms with Crippen LogP contribution in [0.2, 0.25) is 5.02 Å². The molecule has 0 spiro atoms. The number of halogens is 2. The van der Waals surface area contributed by atoms with Crippen molar-refractivity contribution in [1.82, 2.24) is 0 Å². The SMILES string of the molecule is Nc1cccc(NS(=O)(=O)CCCF)c1Cl. The fraction of sp³-hybridized carbons (Fsp3) is 0.333. The van der Waals surface area contributed by atoms with Gasteiger partial charge in [0.25, 0.3) is 0 Å². The molecule has 0 amide bonds. The van der Waals surface area contributed by atoms with Gasteiger partial charge >= 0.3 is 0 Å². The predicted molar refractivity (Wildman–Crippen MR) is 63.9 cm³/mol. The molecule has 0 aliphatic heterocycles. The predicted octanol–water partition coefficient (Wildman–Crippen LogP) is 2.02. The van der Waals surface area contributed by atoms with E-state index in [1.54, 1.807) is 12.1 Å². The molecule has 1 aromatic carbocycles. The van der Waals surface area contributed by atoms with Gasteiger partial charge in [0.05, 0.1) is 28.8 Å². The maximum atomic E-state index is 11.9. The first-order valence-corrected chi connectivity index (χ1v) is 6.60. The Morgan fingerprint density at radius 3 is 2.75 bits per heavy atom. The molecule has 0 aliphatic rings. The first kappa shape index (κ1) is 13.1. The van der Waals surface area contributed by atoms with Crippen LogP contribution in [0.4, 0.5) is 15.8 Å². The van der Waals surface area contributed by atoms with Crippen molar-refractivity contribution in [3.63, 3.8) is 0 Å². The Hall–Kier alpha value is -1.01. The van der Waals surface area contributed by atoms with Crippen molar-refractivity contribution in [1.29, 1.82) is 0 Å². The highest BCUT2D eigenvalue weighted by atomic mass is 35.5. The van der Waals surface area contributed by atoms with Gasteiger partial charge in [-0.1, -0.05) is 17.7 Å². The number of nitrogens with one attached hydrogen (secondary N) is 1. The van der Waals surface area contributed by atoms with E-state index in [2.05, 4.69) is 4.72 Å². The van der Waals surface area contributed by atoms with E-state index in [0.717, 1.165) is 0 Å². The monoisotopic (exact) mass is 266 g/mol. The largest absolute Gasteiger partial charge is 0.397 e. The van der Waals surface area contributed by atoms with Crippen molar-refractivity contribution in [3.05, 3.63) is 23.2 Å². The number of nitrogen functional groups attached to an aromatic ring is 1. The van der Waals surface area contributed by atoms with Gasteiger partial charge in [0.15, 0.2) is 0 Å². The van der Waals surface area contributed by atoms with Gasteiger partial charge in [0.1, 0.15) is 0 Å². The zero-order chi connectivity index (χ0) is 12.2. The fourth-order valence-electron chi connectivity index (χ4n) is 1.09. The third-order valence-electron chi connectivity index (χ3n) is 1.84. The van der Waals surface area contributed by atoms with E-state index < -0.39 is 16.7 Å². The van der Waals surface area contributed by atoms with Crippen LogP contribution in [0.15, 0.2) is 18.2 Å². The molecule has 16 heavy (non-hydrogen) atoms. The quantitative estimate of drug-likeness (QED) is 0.801. The Balaban J connectivity index is 2.84. The van der Waals surface area contributed by atoms with Gasteiger partial charge in [-0.05, 0) is 18.6 Å². The first-order chi connectivity index (χ1) is 7.46. The number of sulfonamides is 1. The minimum atomic E-state index is -3.57. The highest BCUT2D eigenvalue weighted by Gasteiger charge is 2.12. The van der Waals surface area contributed by atoms with Crippen molar-refractivity contribution in [2.45, 2.75) is 6.42 Å². The molecule has 0 unspecified atom stereocenters. The van der Waals surface area contributed by atoms with E-state index in [0.29, 0.717) is 0 Å². The number of alkyl halides is 1. The summed E-state index contributed by atoms with van der Waals surface area (Å²) in [6, 6.07) is 4.63. The number of benzene rings is 1. The number of rotatable bonds is 5. The van der Waals surface area contributed by atoms with E-state index in [9.17, 15) is 12.8 Å². The summed E-state index contributed by atoms with van der Waals surface area (Å²) in [6.45, 7) is -0.675. The van der Waals surface area contributed by atoms with Gasteiger partial charge in [0, 0.05) is 0 Å². The maximum absolute atomic E-state index is 11.9. The minimum absolute atomic E-state index is 0.0464. The van der Waals surface area contributed by atoms with E-state index >= 15 is 0 Å². The first-order valence-electron chi connectivity index (χ1n) is 4.57. The van der Waals surface area contributed by atoms with Crippen LogP contribution < -0.4 is 10.5 Å². The minimum Gasteiger partial charge on any atom is -0.397 e. The van der Waals surface area contributed by atoms with Gasteiger partial charge in [-0.25, -0.2) is 8.42 Å². The molecule has 0 radical (unpaired) electrons. The number of hydrogen-bond donors (Lipinski definition) is 2. The third kappa shape index (κ3) is 3.53. The standard InChI is InChI=1S/C9H12ClFN2O2S/c10-9-7(12)3-1-4-8(9)13-16(14,15)6-2-5-11/h1,3-4,13H,2,5-6,12H2. The van der Waals surface area contributed by atoms with E-state index in [1.165, 1.54) is 6.07 Å². The molecular formula is C9H12ClFN2O2S. The van der Waals surface area contributed by atoms with Crippen molar-refractivity contribution in [2.24, 2.45) is 0 Å². The number of anilines is 2. The summed E-state index contributed by atoms with van der Waals surface area (Å²) in [5.74, 6) is -0.283. The second-order valence-electron chi connectivity index (χ2n) is 3.17. The molecule has 4 nitrogen and oxygen atoms in total. The summed E-state index contributed by atoms with van der Waals surface area (Å²) in [5.41, 5.74) is 6.01. The Kier molecular flexibility index (Phi) is 4.37. The van der Waals surface area contributed by atoms with Crippen molar-refractivity contribution >= 4 is 33.0 Å². The summed E-state index contributed by atoms with van der Waals surface area (Å²) in [5, 5.41) is 0.145. The normalized spacial score (nSPS) is 11.4. The molecule has 0 fully saturated rings. The highest BCUT2D eigenvalue weighted by molar-refractivity contribution is 7.92. The molecule has 90 valence electrons. The zero-order valence-corrected chi connectivity index (χ0v) is 9.98. The molecule has 7 heteroatoms. The second kappa shape index (κ2) is 5.36. The van der Waals surface area contributed by atoms with Gasteiger partial charge in [-0.3, -0.25) is 9.11 Å². The molecule has 1 aromatic rings. The lowest BCUT2D eigenvalue weighted by molar-refractivity contribution is 0.484. The zero-order valence-electron chi connectivity index (χ0n) is 8.41. The summed E-state index contributed by atoms with van der Waals surface area (Å²) >= 11 is 5.81. The van der Waals surface area contributed by atoms with E-state index in [1.807, 2.05) is 0 Å². The molecule has 0 saturated heterocycles. The van der Waals surface area contributed by atoms with Gasteiger partial charge in [0.2, 0.25) is 10.0 Å². The Morgan fingerprint density at radius 2 is 2.12 bits per heavy atom. The second-order valence-corrected chi connectivity index (χ2v) is 5.39. The van der Waals surface area contributed by atoms with Crippen LogP contribution in [-0.2, 0) is 10.0 Å². The highest BCUT2D eigenvalue weighted by Crippen LogP contribution is 2.28. The average Bonchev–Trinajstić information content (AvgIpc) is 2.22. The molecule has 0 saturated carbocycles. The maximum Gasteiger partial charge on any atom is 0.232 e. The molecule has 0 aliphatic carbocycles. The summed E-state index contributed by atoms with van der Waals surface area (Å²) in [6.07, 6.45) is -0.0464. The molecule has 3 N–H and O–H groups in total. The lowest BCUT2D eigenvalue weighted by Gasteiger charge is -2.09. The van der Waals surface area contributed by atoms with Crippen LogP contribution >= 0.6 is 11.6 Å². The Labute approximate surface area is 98.6 Å². The van der Waals surface area contributed by atoms with Crippen LogP contribution in [-0.4, -0.2) is 20.8 Å². The summed E-state index contributed by atoms with van der Waals surface area (Å²) in [7, 11) is -3.57. The van der Waals surface area contributed by atoms with Crippen LogP contribution in [0.3, 0.4) is 0 Å². The molecule has 0 atom stereocenters. The molecule has 0 heterocycles. The van der Waals surface area contributed by atoms with Gasteiger partial charge in [-0.15, -0.1) is 0 Å². The van der Waals surface area contributed by atoms with E-state index in [4.69, 9.17) is 17.3 Å². The van der Waals surface area contributed by atoms with Crippen molar-refractivity contribution in [2.75, 3.05) is 22.9 Å². The van der Waals surface area contributed by atoms with Crippen molar-refractivity contribution in [3.8, 4) is 0 Å². The smallest absolute Gasteiger partial charge is 0.232 e. The topological polar surface area (TPSA) is 72.2 Å². The third-order valence-corrected chi connectivity index (χ3v) is 3.62. The van der Waals surface area contributed by atoms with Gasteiger partial charge in [-0.2, -0.15) is 0 Å². The molecule has 0 bridgehead atoms. The van der Waals surface area contributed by atoms with Gasteiger partial charge < -0.3 is 5.73 Å².